The molecule has 0 N–H and O–H groups in total. The molecule has 0 aromatic heterocycles. The quantitative estimate of drug-likeness (QED) is 0.145. The third-order valence-electron chi connectivity index (χ3n) is 5.41. The molecule has 0 aliphatic carbocycles. The number of carbonyl (C=O) groups is 1. The smallest absolute Gasteiger partial charge is 0.363 e. The lowest BCUT2D eigenvalue weighted by atomic mass is 10.0. The summed E-state index contributed by atoms with van der Waals surface area (Å²) in [6.07, 6.45) is 1.69. The molecule has 0 fully saturated rings. The molecule has 0 spiro atoms. The van der Waals surface area contributed by atoms with Gasteiger partial charge in [-0.15, -0.1) is 0 Å². The molecule has 35 heavy (non-hydrogen) atoms. The van der Waals surface area contributed by atoms with Gasteiger partial charge in [-0.2, -0.15) is 0 Å². The Balaban J connectivity index is 1.60. The highest BCUT2D eigenvalue weighted by Gasteiger charge is 2.24. The summed E-state index contributed by atoms with van der Waals surface area (Å²) in [5.74, 6) is 1.43. The van der Waals surface area contributed by atoms with Gasteiger partial charge in [0.25, 0.3) is 0 Å². The Hall–Kier alpha value is -2.65. The maximum atomic E-state index is 12.5. The summed E-state index contributed by atoms with van der Waals surface area (Å²) in [6.45, 7) is 7.07. The SMILES string of the molecule is CCOc1cc(/C=C2\N=C(c3ccc(C(C)C)cc3)OC2=O)cc(Br)c1OCc1ccccc1I. The van der Waals surface area contributed by atoms with Gasteiger partial charge in [-0.3, -0.25) is 0 Å². The second-order valence-electron chi connectivity index (χ2n) is 8.26. The van der Waals surface area contributed by atoms with Gasteiger partial charge in [-0.05, 0) is 98.9 Å². The number of ether oxygens (including phenoxy) is 3. The molecular formula is C28H25BrINO4. The number of rotatable bonds is 8. The number of hydrogen-bond acceptors (Lipinski definition) is 5. The first kappa shape index (κ1) is 25.4. The molecule has 0 bridgehead atoms. The molecule has 0 amide bonds. The van der Waals surface area contributed by atoms with E-state index < -0.39 is 5.97 Å². The fourth-order valence-corrected chi connectivity index (χ4v) is 4.66. The van der Waals surface area contributed by atoms with Crippen LogP contribution in [0.3, 0.4) is 0 Å². The Morgan fingerprint density at radius 1 is 1.09 bits per heavy atom. The zero-order valence-corrected chi connectivity index (χ0v) is 23.4. The first-order valence-electron chi connectivity index (χ1n) is 11.3. The number of cyclic esters (lactones) is 1. The summed E-state index contributed by atoms with van der Waals surface area (Å²) in [4.78, 5) is 17.0. The van der Waals surface area contributed by atoms with Gasteiger partial charge in [-0.25, -0.2) is 9.79 Å². The number of benzene rings is 3. The molecule has 0 saturated heterocycles. The lowest BCUT2D eigenvalue weighted by molar-refractivity contribution is -0.129. The normalized spacial score (nSPS) is 14.3. The van der Waals surface area contributed by atoms with Crippen LogP contribution < -0.4 is 9.47 Å². The third-order valence-corrected chi connectivity index (χ3v) is 7.05. The van der Waals surface area contributed by atoms with Crippen LogP contribution in [0.1, 0.15) is 48.9 Å². The van der Waals surface area contributed by atoms with E-state index in [1.54, 1.807) is 6.08 Å². The average molecular weight is 646 g/mol. The van der Waals surface area contributed by atoms with E-state index in [2.05, 4.69) is 57.4 Å². The third kappa shape index (κ3) is 6.13. The van der Waals surface area contributed by atoms with Crippen molar-refractivity contribution >= 4 is 56.5 Å². The molecular weight excluding hydrogens is 621 g/mol. The van der Waals surface area contributed by atoms with Crippen molar-refractivity contribution in [1.82, 2.24) is 0 Å². The van der Waals surface area contributed by atoms with Gasteiger partial charge < -0.3 is 14.2 Å². The zero-order valence-electron chi connectivity index (χ0n) is 19.7. The molecule has 1 aliphatic heterocycles. The van der Waals surface area contributed by atoms with Gasteiger partial charge in [0.15, 0.2) is 17.2 Å². The van der Waals surface area contributed by atoms with Crippen LogP contribution in [0.25, 0.3) is 6.08 Å². The van der Waals surface area contributed by atoms with E-state index in [9.17, 15) is 4.79 Å². The molecule has 3 aromatic carbocycles. The van der Waals surface area contributed by atoms with Crippen molar-refractivity contribution < 1.29 is 19.0 Å². The molecule has 4 rings (SSSR count). The number of carbonyl (C=O) groups excluding carboxylic acids is 1. The highest BCUT2D eigenvalue weighted by molar-refractivity contribution is 14.1. The highest BCUT2D eigenvalue weighted by Crippen LogP contribution is 2.38. The van der Waals surface area contributed by atoms with Crippen LogP contribution in [-0.2, 0) is 16.1 Å². The van der Waals surface area contributed by atoms with Crippen molar-refractivity contribution in [2.75, 3.05) is 6.61 Å². The summed E-state index contributed by atoms with van der Waals surface area (Å²) in [6, 6.07) is 19.7. The fourth-order valence-electron chi connectivity index (χ4n) is 3.54. The second kappa shape index (κ2) is 11.4. The molecule has 5 nitrogen and oxygen atoms in total. The van der Waals surface area contributed by atoms with Gasteiger partial charge in [0.05, 0.1) is 11.1 Å². The van der Waals surface area contributed by atoms with Gasteiger partial charge in [0.2, 0.25) is 5.90 Å². The standard InChI is InChI=1S/C28H25BrINO4/c1-4-33-25-15-18(13-22(29)26(25)34-16-21-7-5-6-8-23(21)30)14-24-28(32)35-27(31-24)20-11-9-19(10-12-20)17(2)3/h5-15,17H,4,16H2,1-3H3/b24-14-. The Morgan fingerprint density at radius 2 is 1.83 bits per heavy atom. The summed E-state index contributed by atoms with van der Waals surface area (Å²) >= 11 is 5.90. The first-order valence-corrected chi connectivity index (χ1v) is 13.2. The fraction of sp³-hybridized carbons (Fsp3) is 0.214. The summed E-state index contributed by atoms with van der Waals surface area (Å²) in [7, 11) is 0. The minimum absolute atomic E-state index is 0.231. The van der Waals surface area contributed by atoms with Crippen LogP contribution in [0.4, 0.5) is 0 Å². The molecule has 0 atom stereocenters. The van der Waals surface area contributed by atoms with Crippen molar-refractivity contribution in [2.24, 2.45) is 4.99 Å². The molecule has 1 heterocycles. The van der Waals surface area contributed by atoms with Crippen LogP contribution in [0.15, 0.2) is 75.8 Å². The molecule has 0 unspecified atom stereocenters. The van der Waals surface area contributed by atoms with Crippen molar-refractivity contribution in [3.05, 3.63) is 96.7 Å². The van der Waals surface area contributed by atoms with Crippen LogP contribution in [0.2, 0.25) is 0 Å². The van der Waals surface area contributed by atoms with Crippen LogP contribution >= 0.6 is 38.5 Å². The summed E-state index contributed by atoms with van der Waals surface area (Å²) in [5.41, 5.74) is 4.04. The van der Waals surface area contributed by atoms with E-state index in [-0.39, 0.29) is 5.70 Å². The topological polar surface area (TPSA) is 57.1 Å². The lowest BCUT2D eigenvalue weighted by Gasteiger charge is -2.15. The number of halogens is 2. The maximum absolute atomic E-state index is 12.5. The second-order valence-corrected chi connectivity index (χ2v) is 10.3. The van der Waals surface area contributed by atoms with Crippen molar-refractivity contribution in [1.29, 1.82) is 0 Å². The van der Waals surface area contributed by atoms with E-state index in [0.717, 1.165) is 24.7 Å². The Kier molecular flexibility index (Phi) is 8.28. The van der Waals surface area contributed by atoms with Crippen molar-refractivity contribution in [3.63, 3.8) is 0 Å². The van der Waals surface area contributed by atoms with E-state index in [4.69, 9.17) is 14.2 Å². The predicted molar refractivity (Wildman–Crippen MR) is 150 cm³/mol. The van der Waals surface area contributed by atoms with Crippen molar-refractivity contribution in [2.45, 2.75) is 33.3 Å². The number of nitrogens with zero attached hydrogens (tertiary/aromatic N) is 1. The molecule has 3 aromatic rings. The van der Waals surface area contributed by atoms with Crippen LogP contribution in [0, 0.1) is 3.57 Å². The molecule has 0 saturated carbocycles. The van der Waals surface area contributed by atoms with Gasteiger partial charge >= 0.3 is 5.97 Å². The minimum Gasteiger partial charge on any atom is -0.490 e. The van der Waals surface area contributed by atoms with Crippen LogP contribution in [0.5, 0.6) is 11.5 Å². The monoisotopic (exact) mass is 645 g/mol. The lowest BCUT2D eigenvalue weighted by Crippen LogP contribution is -2.05. The van der Waals surface area contributed by atoms with Crippen LogP contribution in [-0.4, -0.2) is 18.5 Å². The molecule has 180 valence electrons. The van der Waals surface area contributed by atoms with E-state index in [0.29, 0.717) is 36.5 Å². The summed E-state index contributed by atoms with van der Waals surface area (Å²) in [5, 5.41) is 0. The Labute approximate surface area is 227 Å². The van der Waals surface area contributed by atoms with Crippen molar-refractivity contribution in [3.8, 4) is 11.5 Å². The van der Waals surface area contributed by atoms with Gasteiger partial charge in [-0.1, -0.05) is 44.2 Å². The zero-order chi connectivity index (χ0) is 24.9. The molecule has 0 radical (unpaired) electrons. The summed E-state index contributed by atoms with van der Waals surface area (Å²) < 4.78 is 19.3. The van der Waals surface area contributed by atoms with E-state index in [1.807, 2.05) is 67.6 Å². The molecule has 7 heteroatoms. The number of esters is 1. The van der Waals surface area contributed by atoms with Gasteiger partial charge in [0.1, 0.15) is 6.61 Å². The number of hydrogen-bond donors (Lipinski definition) is 0. The molecule has 1 aliphatic rings. The largest absolute Gasteiger partial charge is 0.490 e. The Bertz CT molecular complexity index is 1300. The van der Waals surface area contributed by atoms with Gasteiger partial charge in [0, 0.05) is 14.7 Å². The first-order chi connectivity index (χ1) is 16.9. The maximum Gasteiger partial charge on any atom is 0.363 e. The minimum atomic E-state index is -0.485. The Morgan fingerprint density at radius 3 is 2.51 bits per heavy atom. The number of aliphatic imine (C=N–C) groups is 1. The van der Waals surface area contributed by atoms with E-state index in [1.165, 1.54) is 5.56 Å². The predicted octanol–water partition coefficient (Wildman–Crippen LogP) is 7.50. The highest BCUT2D eigenvalue weighted by atomic mass is 127. The average Bonchev–Trinajstić information content (AvgIpc) is 3.20. The van der Waals surface area contributed by atoms with E-state index >= 15 is 0 Å².